The van der Waals surface area contributed by atoms with E-state index in [0.717, 1.165) is 25.5 Å². The third kappa shape index (κ3) is 2.12. The molecule has 0 aliphatic carbocycles. The molecule has 0 saturated carbocycles. The number of benzene rings is 1. The van der Waals surface area contributed by atoms with Gasteiger partial charge >= 0.3 is 0 Å². The second-order valence-electron chi connectivity index (χ2n) is 4.56. The second kappa shape index (κ2) is 4.70. The van der Waals surface area contributed by atoms with Crippen LogP contribution in [0.4, 0.5) is 13.2 Å². The SMILES string of the molecule is Fc1cc(F)c(F)c(-n2cncc2C2CCCN2)c1. The lowest BCUT2D eigenvalue weighted by molar-refractivity contribution is 0.488. The van der Waals surface area contributed by atoms with E-state index in [2.05, 4.69) is 10.3 Å². The quantitative estimate of drug-likeness (QED) is 0.848. The second-order valence-corrected chi connectivity index (χ2v) is 4.56. The average molecular weight is 267 g/mol. The van der Waals surface area contributed by atoms with Crippen molar-refractivity contribution in [1.29, 1.82) is 0 Å². The van der Waals surface area contributed by atoms with Crippen molar-refractivity contribution in [3.63, 3.8) is 0 Å². The van der Waals surface area contributed by atoms with Gasteiger partial charge in [0.2, 0.25) is 0 Å². The molecule has 1 aliphatic heterocycles. The highest BCUT2D eigenvalue weighted by molar-refractivity contribution is 5.37. The van der Waals surface area contributed by atoms with Crippen LogP contribution in [-0.4, -0.2) is 16.1 Å². The lowest BCUT2D eigenvalue weighted by Gasteiger charge is -2.14. The Morgan fingerprint density at radius 3 is 2.84 bits per heavy atom. The minimum Gasteiger partial charge on any atom is -0.309 e. The van der Waals surface area contributed by atoms with Gasteiger partial charge in [0.25, 0.3) is 0 Å². The summed E-state index contributed by atoms with van der Waals surface area (Å²) in [5, 5.41) is 3.25. The van der Waals surface area contributed by atoms with Crippen LogP contribution in [0.2, 0.25) is 0 Å². The van der Waals surface area contributed by atoms with Gasteiger partial charge in [-0.05, 0) is 19.4 Å². The first-order valence-electron chi connectivity index (χ1n) is 6.07. The lowest BCUT2D eigenvalue weighted by atomic mass is 10.1. The highest BCUT2D eigenvalue weighted by Crippen LogP contribution is 2.27. The van der Waals surface area contributed by atoms with E-state index in [0.29, 0.717) is 11.8 Å². The Morgan fingerprint density at radius 1 is 1.26 bits per heavy atom. The molecule has 100 valence electrons. The number of imidazole rings is 1. The van der Waals surface area contributed by atoms with Crippen LogP contribution in [-0.2, 0) is 0 Å². The first-order valence-corrected chi connectivity index (χ1v) is 6.07. The van der Waals surface area contributed by atoms with Crippen molar-refractivity contribution in [2.24, 2.45) is 0 Å². The van der Waals surface area contributed by atoms with Gasteiger partial charge in [-0.1, -0.05) is 0 Å². The van der Waals surface area contributed by atoms with E-state index in [-0.39, 0.29) is 11.7 Å². The Hall–Kier alpha value is -1.82. The standard InChI is InChI=1S/C13H12F3N3/c14-8-4-9(15)13(16)11(5-8)19-7-17-6-12(19)10-2-1-3-18-10/h4-7,10,18H,1-3H2. The van der Waals surface area contributed by atoms with Gasteiger partial charge in [-0.15, -0.1) is 0 Å². The van der Waals surface area contributed by atoms with E-state index >= 15 is 0 Å². The molecule has 0 radical (unpaired) electrons. The van der Waals surface area contributed by atoms with E-state index in [9.17, 15) is 13.2 Å². The van der Waals surface area contributed by atoms with Crippen LogP contribution in [0, 0.1) is 17.5 Å². The van der Waals surface area contributed by atoms with Crippen LogP contribution in [0.1, 0.15) is 24.6 Å². The van der Waals surface area contributed by atoms with Gasteiger partial charge < -0.3 is 5.32 Å². The van der Waals surface area contributed by atoms with Crippen LogP contribution in [0.5, 0.6) is 0 Å². The molecule has 3 nitrogen and oxygen atoms in total. The summed E-state index contributed by atoms with van der Waals surface area (Å²) in [5.41, 5.74) is 0.556. The normalized spacial score (nSPS) is 19.0. The van der Waals surface area contributed by atoms with Crippen LogP contribution >= 0.6 is 0 Å². The number of rotatable bonds is 2. The summed E-state index contributed by atoms with van der Waals surface area (Å²) in [4.78, 5) is 3.95. The minimum absolute atomic E-state index is 0.0354. The predicted octanol–water partition coefficient (Wildman–Crippen LogP) is 2.71. The molecule has 2 aromatic rings. The Morgan fingerprint density at radius 2 is 2.11 bits per heavy atom. The van der Waals surface area contributed by atoms with Gasteiger partial charge in [-0.25, -0.2) is 18.2 Å². The highest BCUT2D eigenvalue weighted by Gasteiger charge is 2.22. The smallest absolute Gasteiger partial charge is 0.183 e. The molecular formula is C13H12F3N3. The number of nitrogens with one attached hydrogen (secondary N) is 1. The van der Waals surface area contributed by atoms with Crippen LogP contribution in [0.3, 0.4) is 0 Å². The highest BCUT2D eigenvalue weighted by atomic mass is 19.2. The number of nitrogens with zero attached hydrogens (tertiary/aromatic N) is 2. The summed E-state index contributed by atoms with van der Waals surface area (Å²) in [7, 11) is 0. The van der Waals surface area contributed by atoms with E-state index in [1.165, 1.54) is 10.9 Å². The zero-order valence-corrected chi connectivity index (χ0v) is 10.0. The van der Waals surface area contributed by atoms with E-state index < -0.39 is 17.5 Å². The lowest BCUT2D eigenvalue weighted by Crippen LogP contribution is -2.16. The van der Waals surface area contributed by atoms with Gasteiger partial charge in [0.15, 0.2) is 11.6 Å². The Balaban J connectivity index is 2.10. The first kappa shape index (κ1) is 12.2. The number of halogens is 3. The van der Waals surface area contributed by atoms with Crippen LogP contribution < -0.4 is 5.32 Å². The summed E-state index contributed by atoms with van der Waals surface area (Å²) in [6.07, 6.45) is 4.86. The van der Waals surface area contributed by atoms with Gasteiger partial charge in [0.05, 0.1) is 23.9 Å². The molecule has 0 spiro atoms. The summed E-state index contributed by atoms with van der Waals surface area (Å²) in [6, 6.07) is 1.54. The fraction of sp³-hybridized carbons (Fsp3) is 0.308. The molecule has 1 N–H and O–H groups in total. The molecule has 3 rings (SSSR count). The molecule has 19 heavy (non-hydrogen) atoms. The molecule has 2 heterocycles. The molecule has 1 aromatic heterocycles. The van der Waals surface area contributed by atoms with Crippen molar-refractivity contribution in [3.05, 3.63) is 47.8 Å². The maximum absolute atomic E-state index is 13.8. The van der Waals surface area contributed by atoms with Gasteiger partial charge in [-0.2, -0.15) is 0 Å². The zero-order chi connectivity index (χ0) is 13.4. The summed E-state index contributed by atoms with van der Waals surface area (Å²) < 4.78 is 41.7. The fourth-order valence-corrected chi connectivity index (χ4v) is 2.42. The van der Waals surface area contributed by atoms with Crippen LogP contribution in [0.15, 0.2) is 24.7 Å². The van der Waals surface area contributed by atoms with E-state index in [4.69, 9.17) is 0 Å². The summed E-state index contributed by atoms with van der Waals surface area (Å²) >= 11 is 0. The molecule has 0 amide bonds. The van der Waals surface area contributed by atoms with Crippen molar-refractivity contribution in [3.8, 4) is 5.69 Å². The van der Waals surface area contributed by atoms with Gasteiger partial charge in [0, 0.05) is 18.2 Å². The monoisotopic (exact) mass is 267 g/mol. The van der Waals surface area contributed by atoms with Crippen LogP contribution in [0.25, 0.3) is 5.69 Å². The van der Waals surface area contributed by atoms with Crippen molar-refractivity contribution in [1.82, 2.24) is 14.9 Å². The van der Waals surface area contributed by atoms with E-state index in [1.807, 2.05) is 0 Å². The molecule has 1 saturated heterocycles. The third-order valence-corrected chi connectivity index (χ3v) is 3.32. The van der Waals surface area contributed by atoms with Crippen molar-refractivity contribution >= 4 is 0 Å². The molecule has 1 unspecified atom stereocenters. The molecule has 6 heteroatoms. The molecular weight excluding hydrogens is 255 g/mol. The molecule has 1 aliphatic rings. The summed E-state index contributed by atoms with van der Waals surface area (Å²) in [6.45, 7) is 0.871. The topological polar surface area (TPSA) is 29.9 Å². The van der Waals surface area contributed by atoms with Gasteiger partial charge in [0.1, 0.15) is 5.82 Å². The first-order chi connectivity index (χ1) is 9.16. The number of hydrogen-bond donors (Lipinski definition) is 1. The zero-order valence-electron chi connectivity index (χ0n) is 10.0. The summed E-state index contributed by atoms with van der Waals surface area (Å²) in [5.74, 6) is -3.08. The molecule has 0 bridgehead atoms. The Labute approximate surface area is 108 Å². The molecule has 1 atom stereocenters. The Bertz CT molecular complexity index is 603. The average Bonchev–Trinajstić information content (AvgIpc) is 3.02. The maximum atomic E-state index is 13.8. The maximum Gasteiger partial charge on any atom is 0.183 e. The van der Waals surface area contributed by atoms with Gasteiger partial charge in [-0.3, -0.25) is 4.57 Å². The fourth-order valence-electron chi connectivity index (χ4n) is 2.42. The van der Waals surface area contributed by atoms with Crippen molar-refractivity contribution in [2.75, 3.05) is 6.54 Å². The molecule has 1 aromatic carbocycles. The minimum atomic E-state index is -1.20. The van der Waals surface area contributed by atoms with Crippen molar-refractivity contribution < 1.29 is 13.2 Å². The molecule has 1 fully saturated rings. The predicted molar refractivity (Wildman–Crippen MR) is 63.4 cm³/mol. The third-order valence-electron chi connectivity index (χ3n) is 3.32. The van der Waals surface area contributed by atoms with Crippen molar-refractivity contribution in [2.45, 2.75) is 18.9 Å². The van der Waals surface area contributed by atoms with E-state index in [1.54, 1.807) is 6.20 Å². The Kier molecular flexibility index (Phi) is 3.02. The number of aromatic nitrogens is 2. The number of hydrogen-bond acceptors (Lipinski definition) is 2. The largest absolute Gasteiger partial charge is 0.309 e.